The minimum absolute atomic E-state index is 0.0273. The first-order chi connectivity index (χ1) is 12.7. The molecule has 2 amide bonds. The third-order valence-corrected chi connectivity index (χ3v) is 4.84. The van der Waals surface area contributed by atoms with Crippen LogP contribution in [0.1, 0.15) is 38.2 Å². The Morgan fingerprint density at radius 1 is 1.31 bits per heavy atom. The van der Waals surface area contributed by atoms with Crippen molar-refractivity contribution in [3.8, 4) is 5.69 Å². The Morgan fingerprint density at radius 3 is 2.92 bits per heavy atom. The van der Waals surface area contributed by atoms with Crippen LogP contribution < -0.4 is 5.32 Å². The van der Waals surface area contributed by atoms with Gasteiger partial charge in [0, 0.05) is 38.4 Å². The summed E-state index contributed by atoms with van der Waals surface area (Å²) >= 11 is 0. The Bertz CT molecular complexity index is 742. The van der Waals surface area contributed by atoms with Gasteiger partial charge in [-0.3, -0.25) is 9.59 Å². The zero-order valence-corrected chi connectivity index (χ0v) is 15.2. The molecule has 1 aliphatic rings. The number of para-hydroxylation sites is 1. The second-order valence-electron chi connectivity index (χ2n) is 6.75. The Labute approximate surface area is 154 Å². The van der Waals surface area contributed by atoms with Gasteiger partial charge in [0.25, 0.3) is 0 Å². The number of amides is 2. The van der Waals surface area contributed by atoms with Crippen molar-refractivity contribution in [2.75, 3.05) is 13.1 Å². The summed E-state index contributed by atoms with van der Waals surface area (Å²) in [4.78, 5) is 30.7. The maximum absolute atomic E-state index is 12.6. The van der Waals surface area contributed by atoms with E-state index in [4.69, 9.17) is 0 Å². The maximum Gasteiger partial charge on any atom is 0.225 e. The van der Waals surface area contributed by atoms with Crippen LogP contribution in [0.4, 0.5) is 0 Å². The highest BCUT2D eigenvalue weighted by atomic mass is 16.2. The summed E-state index contributed by atoms with van der Waals surface area (Å²) in [6.45, 7) is 3.77. The van der Waals surface area contributed by atoms with E-state index in [1.165, 1.54) is 0 Å². The molecule has 1 atom stereocenters. The van der Waals surface area contributed by atoms with Gasteiger partial charge in [0.15, 0.2) is 0 Å². The van der Waals surface area contributed by atoms with E-state index in [0.717, 1.165) is 37.1 Å². The standard InChI is InChI=1S/C20H26N4O2/c1-2-6-19(25)23-11-5-8-17(14-23)20(26)22-13-16-7-3-4-9-18(16)24-12-10-21-15-24/h3-4,7,9-10,12,15,17H,2,5-6,8,11,13-14H2,1H3,(H,22,26). The highest BCUT2D eigenvalue weighted by Gasteiger charge is 2.27. The van der Waals surface area contributed by atoms with Gasteiger partial charge in [0.05, 0.1) is 17.9 Å². The third-order valence-electron chi connectivity index (χ3n) is 4.84. The quantitative estimate of drug-likeness (QED) is 0.867. The van der Waals surface area contributed by atoms with Gasteiger partial charge < -0.3 is 14.8 Å². The van der Waals surface area contributed by atoms with E-state index in [1.807, 2.05) is 46.9 Å². The van der Waals surface area contributed by atoms with E-state index in [9.17, 15) is 9.59 Å². The topological polar surface area (TPSA) is 67.2 Å². The summed E-state index contributed by atoms with van der Waals surface area (Å²) in [7, 11) is 0. The second kappa shape index (κ2) is 8.65. The number of nitrogens with one attached hydrogen (secondary N) is 1. The molecule has 3 rings (SSSR count). The van der Waals surface area contributed by atoms with Gasteiger partial charge in [-0.2, -0.15) is 0 Å². The number of rotatable bonds is 6. The number of benzene rings is 1. The van der Waals surface area contributed by atoms with E-state index in [-0.39, 0.29) is 17.7 Å². The summed E-state index contributed by atoms with van der Waals surface area (Å²) in [5, 5.41) is 3.05. The van der Waals surface area contributed by atoms with Crippen molar-refractivity contribution < 1.29 is 9.59 Å². The van der Waals surface area contributed by atoms with Crippen LogP contribution in [0, 0.1) is 5.92 Å². The molecule has 0 bridgehead atoms. The number of hydrogen-bond donors (Lipinski definition) is 1. The Balaban J connectivity index is 1.60. The fourth-order valence-electron chi connectivity index (χ4n) is 3.43. The lowest BCUT2D eigenvalue weighted by Crippen LogP contribution is -2.45. The lowest BCUT2D eigenvalue weighted by atomic mass is 9.96. The summed E-state index contributed by atoms with van der Waals surface area (Å²) < 4.78 is 1.94. The Morgan fingerprint density at radius 2 is 2.15 bits per heavy atom. The molecular weight excluding hydrogens is 328 g/mol. The Hall–Kier alpha value is -2.63. The number of hydrogen-bond acceptors (Lipinski definition) is 3. The van der Waals surface area contributed by atoms with E-state index < -0.39 is 0 Å². The first kappa shape index (κ1) is 18.2. The molecule has 6 heteroatoms. The van der Waals surface area contributed by atoms with Gasteiger partial charge in [-0.25, -0.2) is 4.98 Å². The molecule has 0 saturated carbocycles. The molecule has 6 nitrogen and oxygen atoms in total. The molecule has 1 N–H and O–H groups in total. The molecule has 1 unspecified atom stereocenters. The van der Waals surface area contributed by atoms with Crippen LogP contribution >= 0.6 is 0 Å². The van der Waals surface area contributed by atoms with Crippen LogP contribution in [0.25, 0.3) is 5.69 Å². The molecule has 2 aromatic rings. The predicted molar refractivity (Wildman–Crippen MR) is 99.6 cm³/mol. The molecule has 1 aliphatic heterocycles. The van der Waals surface area contributed by atoms with Crippen LogP contribution in [-0.2, 0) is 16.1 Å². The molecule has 1 aromatic heterocycles. The lowest BCUT2D eigenvalue weighted by molar-refractivity contribution is -0.135. The number of likely N-dealkylation sites (tertiary alicyclic amines) is 1. The minimum atomic E-state index is -0.120. The number of piperidine rings is 1. The molecule has 138 valence electrons. The van der Waals surface area contributed by atoms with Crippen molar-refractivity contribution in [2.45, 2.75) is 39.2 Å². The van der Waals surface area contributed by atoms with Crippen molar-refractivity contribution in [2.24, 2.45) is 5.92 Å². The summed E-state index contributed by atoms with van der Waals surface area (Å²) in [5.74, 6) is 0.0693. The molecule has 0 aliphatic carbocycles. The highest BCUT2D eigenvalue weighted by molar-refractivity contribution is 5.81. The zero-order chi connectivity index (χ0) is 18.4. The monoisotopic (exact) mass is 354 g/mol. The molecule has 26 heavy (non-hydrogen) atoms. The lowest BCUT2D eigenvalue weighted by Gasteiger charge is -2.32. The van der Waals surface area contributed by atoms with Crippen LogP contribution in [0.5, 0.6) is 0 Å². The fourth-order valence-corrected chi connectivity index (χ4v) is 3.43. The minimum Gasteiger partial charge on any atom is -0.352 e. The second-order valence-corrected chi connectivity index (χ2v) is 6.75. The smallest absolute Gasteiger partial charge is 0.225 e. The molecule has 2 heterocycles. The Kier molecular flexibility index (Phi) is 6.04. The molecule has 0 spiro atoms. The average Bonchev–Trinajstić information content (AvgIpc) is 3.21. The number of carbonyl (C=O) groups excluding carboxylic acids is 2. The van der Waals surface area contributed by atoms with Gasteiger partial charge >= 0.3 is 0 Å². The third kappa shape index (κ3) is 4.31. The summed E-state index contributed by atoms with van der Waals surface area (Å²) in [5.41, 5.74) is 2.04. The largest absolute Gasteiger partial charge is 0.352 e. The number of aromatic nitrogens is 2. The molecule has 1 saturated heterocycles. The van der Waals surface area contributed by atoms with Crippen molar-refractivity contribution >= 4 is 11.8 Å². The van der Waals surface area contributed by atoms with Crippen LogP contribution in [0.15, 0.2) is 43.0 Å². The predicted octanol–water partition coefficient (Wildman–Crippen LogP) is 2.53. The van der Waals surface area contributed by atoms with Gasteiger partial charge in [-0.1, -0.05) is 25.1 Å². The zero-order valence-electron chi connectivity index (χ0n) is 15.2. The van der Waals surface area contributed by atoms with Gasteiger partial charge in [-0.15, -0.1) is 0 Å². The normalized spacial score (nSPS) is 17.1. The van der Waals surface area contributed by atoms with Gasteiger partial charge in [0.1, 0.15) is 0 Å². The maximum atomic E-state index is 12.6. The first-order valence-corrected chi connectivity index (χ1v) is 9.30. The van der Waals surface area contributed by atoms with Crippen molar-refractivity contribution in [1.29, 1.82) is 0 Å². The first-order valence-electron chi connectivity index (χ1n) is 9.30. The number of carbonyl (C=O) groups is 2. The van der Waals surface area contributed by atoms with Gasteiger partial charge in [-0.05, 0) is 30.9 Å². The molecule has 0 radical (unpaired) electrons. The van der Waals surface area contributed by atoms with E-state index in [1.54, 1.807) is 12.5 Å². The van der Waals surface area contributed by atoms with E-state index in [2.05, 4.69) is 10.3 Å². The molecule has 1 fully saturated rings. The summed E-state index contributed by atoms with van der Waals surface area (Å²) in [6.07, 6.45) is 8.51. The van der Waals surface area contributed by atoms with Crippen molar-refractivity contribution in [3.05, 3.63) is 48.5 Å². The SMILES string of the molecule is CCCC(=O)N1CCCC(C(=O)NCc2ccccc2-n2ccnc2)C1. The summed E-state index contributed by atoms with van der Waals surface area (Å²) in [6, 6.07) is 7.95. The fraction of sp³-hybridized carbons (Fsp3) is 0.450. The van der Waals surface area contributed by atoms with Crippen molar-refractivity contribution in [3.63, 3.8) is 0 Å². The highest BCUT2D eigenvalue weighted by Crippen LogP contribution is 2.19. The van der Waals surface area contributed by atoms with Crippen LogP contribution in [0.3, 0.4) is 0 Å². The molecular formula is C20H26N4O2. The van der Waals surface area contributed by atoms with E-state index >= 15 is 0 Å². The number of imidazole rings is 1. The van der Waals surface area contributed by atoms with E-state index in [0.29, 0.717) is 19.5 Å². The average molecular weight is 354 g/mol. The van der Waals surface area contributed by atoms with Crippen LogP contribution in [0.2, 0.25) is 0 Å². The molecule has 1 aromatic carbocycles. The van der Waals surface area contributed by atoms with Crippen molar-refractivity contribution in [1.82, 2.24) is 19.8 Å². The van der Waals surface area contributed by atoms with Gasteiger partial charge in [0.2, 0.25) is 11.8 Å². The number of nitrogens with zero attached hydrogens (tertiary/aromatic N) is 3. The van der Waals surface area contributed by atoms with Crippen LogP contribution in [-0.4, -0.2) is 39.4 Å².